The zero-order valence-corrected chi connectivity index (χ0v) is 30.1. The number of carbonyl (C=O) groups excluding carboxylic acids is 1. The number of hydrogen-bond acceptors (Lipinski definition) is 8. The largest absolute Gasteiger partial charge is 0.482 e. The smallest absolute Gasteiger partial charge is 0.348 e. The molecule has 1 aliphatic heterocycles. The van der Waals surface area contributed by atoms with Gasteiger partial charge in [0.15, 0.2) is 6.61 Å². The molecule has 2 heterocycles. The van der Waals surface area contributed by atoms with Crippen molar-refractivity contribution >= 4 is 29.6 Å². The van der Waals surface area contributed by atoms with Crippen LogP contribution in [0.4, 0.5) is 0 Å². The third-order valence-corrected chi connectivity index (χ3v) is 8.78. The predicted molar refractivity (Wildman–Crippen MR) is 202 cm³/mol. The van der Waals surface area contributed by atoms with E-state index in [2.05, 4.69) is 17.1 Å². The Morgan fingerprint density at radius 3 is 2.13 bits per heavy atom. The van der Waals surface area contributed by atoms with Crippen molar-refractivity contribution in [3.05, 3.63) is 90.0 Å². The van der Waals surface area contributed by atoms with Crippen molar-refractivity contribution in [3.63, 3.8) is 0 Å². The van der Waals surface area contributed by atoms with Crippen molar-refractivity contribution in [2.24, 2.45) is 5.16 Å². The van der Waals surface area contributed by atoms with Gasteiger partial charge in [0, 0.05) is 35.7 Å². The van der Waals surface area contributed by atoms with Gasteiger partial charge in [0.25, 0.3) is 5.91 Å². The molecular formula is C41H46N4O8. The molecule has 12 nitrogen and oxygen atoms in total. The maximum atomic E-state index is 12.9. The number of benzene rings is 3. The number of carboxylic acid groups (broad SMARTS) is 2. The van der Waals surface area contributed by atoms with E-state index in [1.165, 1.54) is 43.2 Å². The van der Waals surface area contributed by atoms with E-state index >= 15 is 0 Å². The third kappa shape index (κ3) is 10.9. The molecule has 1 aromatic heterocycles. The van der Waals surface area contributed by atoms with Crippen LogP contribution < -0.4 is 4.74 Å². The monoisotopic (exact) mass is 722 g/mol. The zero-order valence-electron chi connectivity index (χ0n) is 30.1. The van der Waals surface area contributed by atoms with Crippen molar-refractivity contribution in [2.75, 3.05) is 19.8 Å². The van der Waals surface area contributed by atoms with Gasteiger partial charge in [0.2, 0.25) is 6.10 Å². The number of H-pyrrole nitrogens is 1. The maximum Gasteiger partial charge on any atom is 0.348 e. The Morgan fingerprint density at radius 1 is 0.849 bits per heavy atom. The zero-order chi connectivity index (χ0) is 37.6. The van der Waals surface area contributed by atoms with E-state index in [0.717, 1.165) is 46.4 Å². The van der Waals surface area contributed by atoms with Crippen LogP contribution in [0.5, 0.6) is 5.75 Å². The Morgan fingerprint density at radius 2 is 1.49 bits per heavy atom. The van der Waals surface area contributed by atoms with Gasteiger partial charge in [-0.2, -0.15) is 0 Å². The maximum absolute atomic E-state index is 12.9. The number of hydrogen-bond donors (Lipinski definition) is 3. The summed E-state index contributed by atoms with van der Waals surface area (Å²) in [7, 11) is 0. The topological polar surface area (TPSA) is 164 Å². The minimum atomic E-state index is -1.06. The van der Waals surface area contributed by atoms with Gasteiger partial charge >= 0.3 is 11.9 Å². The summed E-state index contributed by atoms with van der Waals surface area (Å²) < 4.78 is 5.32. The van der Waals surface area contributed by atoms with Crippen LogP contribution in [-0.2, 0) is 24.1 Å². The lowest BCUT2D eigenvalue weighted by atomic mass is 10.0. The highest BCUT2D eigenvalue weighted by atomic mass is 16.7. The molecule has 0 aliphatic carbocycles. The number of oxime groups is 1. The van der Waals surface area contributed by atoms with E-state index < -0.39 is 24.6 Å². The fourth-order valence-corrected chi connectivity index (χ4v) is 5.84. The standard InChI is InChI=1S/C41H46N4O8/c1-3-5-6-7-8-9-10-25-52-45(4-2)36(46)24-13-28-11-14-30(15-12-28)38-39(31-20-22-33(23-21-31)51-27-37(47)48)43-40(42-38)32-18-16-29(17-19-32)34-26-35(41(49)50)53-44-34/h11-24,35H,3-10,25-27H2,1-2H3,(H,42,43)(H,47,48)(H,49,50). The number of amides is 1. The summed E-state index contributed by atoms with van der Waals surface area (Å²) in [5, 5.41) is 23.6. The fraction of sp³-hybridized carbons (Fsp3) is 0.341. The lowest BCUT2D eigenvalue weighted by Crippen LogP contribution is -2.29. The van der Waals surface area contributed by atoms with E-state index in [1.54, 1.807) is 18.2 Å². The number of likely N-dealkylation sites (N-methyl/N-ethyl adjacent to an activating group) is 1. The first-order valence-corrected chi connectivity index (χ1v) is 18.1. The van der Waals surface area contributed by atoms with Crippen molar-refractivity contribution in [1.82, 2.24) is 15.0 Å². The lowest BCUT2D eigenvalue weighted by molar-refractivity contribution is -0.180. The van der Waals surface area contributed by atoms with Crippen LogP contribution >= 0.6 is 0 Å². The first-order chi connectivity index (χ1) is 25.7. The SMILES string of the molecule is CCCCCCCCCON(CC)C(=O)C=Cc1ccc(-c2[nH]c(-c3ccc(C4=NOC(C(=O)O)C4)cc3)nc2-c2ccc(OCC(=O)O)cc2)cc1. The summed E-state index contributed by atoms with van der Waals surface area (Å²) >= 11 is 0. The summed E-state index contributed by atoms with van der Waals surface area (Å²) in [5.74, 6) is -1.31. The number of aliphatic carboxylic acids is 2. The van der Waals surface area contributed by atoms with Crippen LogP contribution in [0.3, 0.4) is 0 Å². The van der Waals surface area contributed by atoms with Gasteiger partial charge in [0.05, 0.1) is 23.7 Å². The van der Waals surface area contributed by atoms with Gasteiger partial charge in [-0.3, -0.25) is 9.63 Å². The summed E-state index contributed by atoms with van der Waals surface area (Å²) in [6.45, 7) is 4.63. The van der Waals surface area contributed by atoms with Crippen LogP contribution in [0.1, 0.15) is 76.3 Å². The Balaban J connectivity index is 1.30. The van der Waals surface area contributed by atoms with Crippen LogP contribution in [0.15, 0.2) is 84.0 Å². The number of nitrogens with zero attached hydrogens (tertiary/aromatic N) is 3. The summed E-state index contributed by atoms with van der Waals surface area (Å²) in [5.41, 5.74) is 6.01. The first kappa shape index (κ1) is 38.5. The lowest BCUT2D eigenvalue weighted by Gasteiger charge is -2.18. The van der Waals surface area contributed by atoms with Gasteiger partial charge in [-0.1, -0.05) is 99.1 Å². The van der Waals surface area contributed by atoms with E-state index in [-0.39, 0.29) is 12.3 Å². The Bertz CT molecular complexity index is 1880. The molecule has 0 bridgehead atoms. The molecule has 1 unspecified atom stereocenters. The molecule has 12 heteroatoms. The minimum Gasteiger partial charge on any atom is -0.482 e. The van der Waals surface area contributed by atoms with Crippen LogP contribution in [-0.4, -0.2) is 74.7 Å². The molecule has 3 N–H and O–H groups in total. The minimum absolute atomic E-state index is 0.180. The number of aromatic nitrogens is 2. The van der Waals surface area contributed by atoms with Crippen molar-refractivity contribution < 1.29 is 39.0 Å². The predicted octanol–water partition coefficient (Wildman–Crippen LogP) is 8.00. The molecule has 278 valence electrons. The normalized spacial score (nSPS) is 13.8. The quantitative estimate of drug-likeness (QED) is 0.0466. The number of nitrogens with one attached hydrogen (secondary N) is 1. The molecule has 3 aromatic carbocycles. The van der Waals surface area contributed by atoms with E-state index in [9.17, 15) is 19.5 Å². The average Bonchev–Trinajstić information content (AvgIpc) is 3.85. The second-order valence-electron chi connectivity index (χ2n) is 12.7. The molecule has 0 saturated heterocycles. The number of aromatic amines is 1. The highest BCUT2D eigenvalue weighted by molar-refractivity contribution is 6.03. The molecule has 0 fully saturated rings. The van der Waals surface area contributed by atoms with Crippen molar-refractivity contribution in [3.8, 4) is 39.7 Å². The molecular weight excluding hydrogens is 676 g/mol. The summed E-state index contributed by atoms with van der Waals surface area (Å²) in [6, 6.07) is 22.2. The number of ether oxygens (including phenoxy) is 1. The molecule has 0 saturated carbocycles. The number of carboxylic acids is 2. The molecule has 0 radical (unpaired) electrons. The fourth-order valence-electron chi connectivity index (χ4n) is 5.84. The Hall–Kier alpha value is -5.75. The number of unbranched alkanes of at least 4 members (excludes halogenated alkanes) is 6. The highest BCUT2D eigenvalue weighted by Gasteiger charge is 2.28. The molecule has 0 spiro atoms. The van der Waals surface area contributed by atoms with E-state index in [4.69, 9.17) is 24.5 Å². The van der Waals surface area contributed by atoms with Crippen molar-refractivity contribution in [2.45, 2.75) is 71.3 Å². The van der Waals surface area contributed by atoms with Gasteiger partial charge in [-0.05, 0) is 54.8 Å². The number of rotatable bonds is 20. The van der Waals surface area contributed by atoms with Crippen LogP contribution in [0.25, 0.3) is 40.0 Å². The van der Waals surface area contributed by atoms with Crippen molar-refractivity contribution in [1.29, 1.82) is 0 Å². The van der Waals surface area contributed by atoms with Crippen LogP contribution in [0.2, 0.25) is 0 Å². The Labute approximate surface area is 309 Å². The third-order valence-electron chi connectivity index (χ3n) is 8.78. The summed E-state index contributed by atoms with van der Waals surface area (Å²) in [6.07, 6.45) is 10.7. The Kier molecular flexibility index (Phi) is 13.9. The van der Waals surface area contributed by atoms with Gasteiger partial charge in [-0.15, -0.1) is 0 Å². The van der Waals surface area contributed by atoms with Gasteiger partial charge < -0.3 is 24.8 Å². The molecule has 53 heavy (non-hydrogen) atoms. The highest BCUT2D eigenvalue weighted by Crippen LogP contribution is 2.34. The molecule has 4 aromatic rings. The summed E-state index contributed by atoms with van der Waals surface area (Å²) in [4.78, 5) is 54.4. The molecule has 1 aliphatic rings. The van der Waals surface area contributed by atoms with Gasteiger partial charge in [-0.25, -0.2) is 19.6 Å². The second kappa shape index (κ2) is 19.2. The molecule has 5 rings (SSSR count). The number of imidazole rings is 1. The van der Waals surface area contributed by atoms with Gasteiger partial charge in [0.1, 0.15) is 11.6 Å². The molecule has 1 atom stereocenters. The van der Waals surface area contributed by atoms with Crippen LogP contribution in [0, 0.1) is 0 Å². The average molecular weight is 723 g/mol. The molecule has 1 amide bonds. The number of hydroxylamine groups is 2. The first-order valence-electron chi connectivity index (χ1n) is 18.1. The second-order valence-corrected chi connectivity index (χ2v) is 12.7. The van der Waals surface area contributed by atoms with E-state index in [1.807, 2.05) is 67.6 Å². The van der Waals surface area contributed by atoms with E-state index in [0.29, 0.717) is 36.1 Å². The number of carbonyl (C=O) groups is 3.